The first-order valence-corrected chi connectivity index (χ1v) is 7.45. The fourth-order valence-electron chi connectivity index (χ4n) is 3.55. The molecular weight excluding hydrogens is 274 g/mol. The molecule has 114 valence electrons. The summed E-state index contributed by atoms with van der Waals surface area (Å²) < 4.78 is 26.3. The largest absolute Gasteiger partial charge is 0.339 e. The Labute approximate surface area is 123 Å². The molecule has 3 nitrogen and oxygen atoms in total. The minimum absolute atomic E-state index is 0.0153. The van der Waals surface area contributed by atoms with Gasteiger partial charge in [-0.3, -0.25) is 4.79 Å². The van der Waals surface area contributed by atoms with E-state index in [4.69, 9.17) is 0 Å². The highest BCUT2D eigenvalue weighted by molar-refractivity contribution is 5.80. The lowest BCUT2D eigenvalue weighted by atomic mass is 9.87. The summed E-state index contributed by atoms with van der Waals surface area (Å²) in [6.07, 6.45) is 3.09. The predicted octanol–water partition coefficient (Wildman–Crippen LogP) is 2.62. The van der Waals surface area contributed by atoms with Crippen LogP contribution in [0.3, 0.4) is 0 Å². The molecule has 1 aromatic rings. The molecule has 1 aromatic carbocycles. The van der Waals surface area contributed by atoms with E-state index in [0.717, 1.165) is 25.3 Å². The quantitative estimate of drug-likeness (QED) is 0.929. The van der Waals surface area contributed by atoms with Crippen molar-refractivity contribution >= 4 is 5.91 Å². The maximum atomic E-state index is 13.3. The van der Waals surface area contributed by atoms with Crippen molar-refractivity contribution in [3.05, 3.63) is 35.4 Å². The van der Waals surface area contributed by atoms with Gasteiger partial charge in [0.1, 0.15) is 0 Å². The van der Waals surface area contributed by atoms with E-state index < -0.39 is 11.6 Å². The number of nitrogens with zero attached hydrogens (tertiary/aromatic N) is 1. The molecule has 0 spiro atoms. The van der Waals surface area contributed by atoms with Crippen LogP contribution in [0.2, 0.25) is 0 Å². The highest BCUT2D eigenvalue weighted by Gasteiger charge is 2.44. The average Bonchev–Trinajstić information content (AvgIpc) is 3.10. The Hall–Kier alpha value is -1.49. The number of carbonyl (C=O) groups excluding carboxylic acids is 1. The van der Waals surface area contributed by atoms with Gasteiger partial charge in [0, 0.05) is 19.1 Å². The monoisotopic (exact) mass is 294 g/mol. The third-order valence-corrected chi connectivity index (χ3v) is 4.97. The second kappa shape index (κ2) is 5.37. The minimum atomic E-state index is -0.873. The molecular formula is C16H20F2N2O. The number of benzene rings is 1. The standard InChI is InChI=1S/C16H20F2N2O/c1-9(10-3-5-13(17)14(18)7-10)20(2)16(21)12-8-11-4-6-15(12)19-11/h3,5,7,9,11-12,15,19H,4,6,8H2,1-2H3. The summed E-state index contributed by atoms with van der Waals surface area (Å²) in [5.74, 6) is -1.63. The van der Waals surface area contributed by atoms with Crippen LogP contribution >= 0.6 is 0 Å². The van der Waals surface area contributed by atoms with E-state index in [9.17, 15) is 13.6 Å². The van der Waals surface area contributed by atoms with Crippen LogP contribution in [0.5, 0.6) is 0 Å². The molecule has 2 aliphatic heterocycles. The predicted molar refractivity (Wildman–Crippen MR) is 75.6 cm³/mol. The van der Waals surface area contributed by atoms with Crippen molar-refractivity contribution in [2.75, 3.05) is 7.05 Å². The Morgan fingerprint density at radius 2 is 2.10 bits per heavy atom. The van der Waals surface area contributed by atoms with Gasteiger partial charge < -0.3 is 10.2 Å². The number of fused-ring (bicyclic) bond motifs is 2. The van der Waals surface area contributed by atoms with Crippen molar-refractivity contribution in [1.29, 1.82) is 0 Å². The highest BCUT2D eigenvalue weighted by Crippen LogP contribution is 2.35. The second-order valence-corrected chi connectivity index (χ2v) is 6.19. The van der Waals surface area contributed by atoms with Crippen molar-refractivity contribution in [3.8, 4) is 0 Å². The molecule has 2 aliphatic rings. The van der Waals surface area contributed by atoms with Crippen LogP contribution in [-0.2, 0) is 4.79 Å². The molecule has 5 heteroatoms. The Morgan fingerprint density at radius 1 is 1.33 bits per heavy atom. The second-order valence-electron chi connectivity index (χ2n) is 6.19. The average molecular weight is 294 g/mol. The third kappa shape index (κ3) is 2.55. The first-order chi connectivity index (χ1) is 9.97. The van der Waals surface area contributed by atoms with E-state index in [0.29, 0.717) is 11.6 Å². The summed E-state index contributed by atoms with van der Waals surface area (Å²) in [6, 6.07) is 4.29. The Kier molecular flexibility index (Phi) is 3.69. The van der Waals surface area contributed by atoms with Crippen LogP contribution in [0, 0.1) is 17.6 Å². The Balaban J connectivity index is 1.73. The highest BCUT2D eigenvalue weighted by atomic mass is 19.2. The third-order valence-electron chi connectivity index (χ3n) is 4.97. The molecule has 1 N–H and O–H groups in total. The Morgan fingerprint density at radius 3 is 2.67 bits per heavy atom. The molecule has 4 unspecified atom stereocenters. The van der Waals surface area contributed by atoms with Crippen LogP contribution in [0.25, 0.3) is 0 Å². The number of carbonyl (C=O) groups is 1. The smallest absolute Gasteiger partial charge is 0.227 e. The van der Waals surface area contributed by atoms with Crippen LogP contribution in [-0.4, -0.2) is 29.9 Å². The first kappa shape index (κ1) is 14.4. The van der Waals surface area contributed by atoms with Gasteiger partial charge in [0.05, 0.1) is 12.0 Å². The van der Waals surface area contributed by atoms with Gasteiger partial charge in [0.25, 0.3) is 0 Å². The van der Waals surface area contributed by atoms with E-state index in [1.54, 1.807) is 11.9 Å². The number of amides is 1. The number of halogens is 2. The summed E-state index contributed by atoms with van der Waals surface area (Å²) in [5, 5.41) is 3.45. The molecule has 3 rings (SSSR count). The van der Waals surface area contributed by atoms with E-state index in [2.05, 4.69) is 5.32 Å². The van der Waals surface area contributed by atoms with Crippen LogP contribution < -0.4 is 5.32 Å². The zero-order valence-corrected chi connectivity index (χ0v) is 12.3. The molecule has 0 saturated carbocycles. The zero-order chi connectivity index (χ0) is 15.1. The SMILES string of the molecule is CC(c1ccc(F)c(F)c1)N(C)C(=O)C1CC2CCC1N2. The number of hydrogen-bond acceptors (Lipinski definition) is 2. The molecule has 0 aliphatic carbocycles. The molecule has 21 heavy (non-hydrogen) atoms. The molecule has 0 aromatic heterocycles. The fraction of sp³-hybridized carbons (Fsp3) is 0.562. The van der Waals surface area contributed by atoms with Crippen molar-refractivity contribution in [1.82, 2.24) is 10.2 Å². The molecule has 1 amide bonds. The van der Waals surface area contributed by atoms with E-state index in [1.807, 2.05) is 6.92 Å². The summed E-state index contributed by atoms with van der Waals surface area (Å²) in [5.41, 5.74) is 0.612. The topological polar surface area (TPSA) is 32.3 Å². The van der Waals surface area contributed by atoms with Gasteiger partial charge in [-0.05, 0) is 43.9 Å². The summed E-state index contributed by atoms with van der Waals surface area (Å²) in [7, 11) is 1.74. The summed E-state index contributed by atoms with van der Waals surface area (Å²) in [6.45, 7) is 1.84. The normalized spacial score (nSPS) is 28.7. The van der Waals surface area contributed by atoms with Gasteiger partial charge in [0.15, 0.2) is 11.6 Å². The van der Waals surface area contributed by atoms with Crippen LogP contribution in [0.15, 0.2) is 18.2 Å². The first-order valence-electron chi connectivity index (χ1n) is 7.45. The summed E-state index contributed by atoms with van der Waals surface area (Å²) in [4.78, 5) is 14.3. The van der Waals surface area contributed by atoms with Crippen molar-refractivity contribution in [2.45, 2.75) is 44.3 Å². The van der Waals surface area contributed by atoms with Gasteiger partial charge in [-0.2, -0.15) is 0 Å². The van der Waals surface area contributed by atoms with Crippen LogP contribution in [0.4, 0.5) is 8.78 Å². The van der Waals surface area contributed by atoms with Crippen molar-refractivity contribution in [3.63, 3.8) is 0 Å². The zero-order valence-electron chi connectivity index (χ0n) is 12.3. The Bertz CT molecular complexity index is 563. The van der Waals surface area contributed by atoms with Gasteiger partial charge in [-0.1, -0.05) is 6.07 Å². The summed E-state index contributed by atoms with van der Waals surface area (Å²) >= 11 is 0. The van der Waals surface area contributed by atoms with Crippen LogP contribution in [0.1, 0.15) is 37.8 Å². The molecule has 2 heterocycles. The molecule has 2 saturated heterocycles. The van der Waals surface area contributed by atoms with Crippen molar-refractivity contribution in [2.24, 2.45) is 5.92 Å². The lowest BCUT2D eigenvalue weighted by Gasteiger charge is -2.30. The molecule has 4 atom stereocenters. The van der Waals surface area contributed by atoms with Gasteiger partial charge in [-0.15, -0.1) is 0 Å². The van der Waals surface area contributed by atoms with Gasteiger partial charge in [-0.25, -0.2) is 8.78 Å². The van der Waals surface area contributed by atoms with E-state index in [-0.39, 0.29) is 23.9 Å². The fourth-order valence-corrected chi connectivity index (χ4v) is 3.55. The maximum absolute atomic E-state index is 13.3. The van der Waals surface area contributed by atoms with Gasteiger partial charge >= 0.3 is 0 Å². The lowest BCUT2D eigenvalue weighted by molar-refractivity contribution is -0.136. The number of rotatable bonds is 3. The van der Waals surface area contributed by atoms with Gasteiger partial charge in [0.2, 0.25) is 5.91 Å². The number of hydrogen-bond donors (Lipinski definition) is 1. The number of nitrogens with one attached hydrogen (secondary N) is 1. The molecule has 0 radical (unpaired) electrons. The molecule has 2 bridgehead atoms. The minimum Gasteiger partial charge on any atom is -0.339 e. The lowest BCUT2D eigenvalue weighted by Crippen LogP contribution is -2.40. The van der Waals surface area contributed by atoms with E-state index in [1.165, 1.54) is 12.1 Å². The maximum Gasteiger partial charge on any atom is 0.227 e. The van der Waals surface area contributed by atoms with Crippen molar-refractivity contribution < 1.29 is 13.6 Å². The molecule has 2 fully saturated rings. The van der Waals surface area contributed by atoms with E-state index >= 15 is 0 Å².